The molecule has 0 aromatic carbocycles. The highest BCUT2D eigenvalue weighted by Crippen LogP contribution is 2.21. The van der Waals surface area contributed by atoms with Gasteiger partial charge in [-0.25, -0.2) is 4.39 Å². The van der Waals surface area contributed by atoms with E-state index in [0.717, 1.165) is 6.42 Å². The minimum absolute atomic E-state index is 0. The molecule has 4 heteroatoms. The number of hydrogen-bond acceptors (Lipinski definition) is 2. The molecule has 2 N–H and O–H groups in total. The van der Waals surface area contributed by atoms with Crippen LogP contribution in [0.25, 0.3) is 0 Å². The van der Waals surface area contributed by atoms with E-state index in [-0.39, 0.29) is 25.6 Å². The maximum absolute atomic E-state index is 13.1. The summed E-state index contributed by atoms with van der Waals surface area (Å²) in [6.07, 6.45) is 1.36. The largest absolute Gasteiger partial charge is 0.378 e. The highest BCUT2D eigenvalue weighted by atomic mass is 35.5. The van der Waals surface area contributed by atoms with Crippen LogP contribution >= 0.6 is 12.4 Å². The monoisotopic (exact) mass is 169 g/mol. The van der Waals surface area contributed by atoms with Gasteiger partial charge in [0.25, 0.3) is 0 Å². The Morgan fingerprint density at radius 2 is 2.30 bits per heavy atom. The molecule has 10 heavy (non-hydrogen) atoms. The molecule has 0 bridgehead atoms. The zero-order valence-electron chi connectivity index (χ0n) is 5.81. The Balaban J connectivity index is 0.000000810. The Bertz CT molecular complexity index is 95.7. The average Bonchev–Trinajstić information content (AvgIpc) is 1.90. The van der Waals surface area contributed by atoms with Crippen molar-refractivity contribution in [2.45, 2.75) is 18.5 Å². The molecule has 0 amide bonds. The summed E-state index contributed by atoms with van der Waals surface area (Å²) >= 11 is 0. The Morgan fingerprint density at radius 3 is 2.60 bits per heavy atom. The molecular formula is C6H13ClFNO. The third-order valence-electron chi connectivity index (χ3n) is 1.64. The molecule has 1 rings (SSSR count). The molecule has 0 aromatic heterocycles. The van der Waals surface area contributed by atoms with E-state index >= 15 is 0 Å². The maximum atomic E-state index is 13.1. The smallest absolute Gasteiger partial charge is 0.146 e. The van der Waals surface area contributed by atoms with Crippen molar-refractivity contribution in [1.29, 1.82) is 0 Å². The van der Waals surface area contributed by atoms with E-state index in [9.17, 15) is 4.39 Å². The molecule has 62 valence electrons. The standard InChI is InChI=1S/C6H12FNO.ClH/c7-6(4-8)2-1-3-9-5-6;/h1-5,8H2;1H/t6-;/m1./s1. The van der Waals surface area contributed by atoms with E-state index in [1.54, 1.807) is 0 Å². The first kappa shape index (κ1) is 10.1. The number of nitrogens with two attached hydrogens (primary N) is 1. The van der Waals surface area contributed by atoms with Crippen molar-refractivity contribution >= 4 is 12.4 Å². The van der Waals surface area contributed by atoms with Gasteiger partial charge in [-0.2, -0.15) is 0 Å². The van der Waals surface area contributed by atoms with Gasteiger partial charge in [0.2, 0.25) is 0 Å². The second-order valence-corrected chi connectivity index (χ2v) is 2.51. The SMILES string of the molecule is Cl.NC[C@]1(F)CCCOC1. The Hall–Kier alpha value is 0.140. The minimum Gasteiger partial charge on any atom is -0.378 e. The van der Waals surface area contributed by atoms with E-state index in [1.807, 2.05) is 0 Å². The number of alkyl halides is 1. The zero-order valence-corrected chi connectivity index (χ0v) is 6.62. The van der Waals surface area contributed by atoms with Crippen LogP contribution in [-0.4, -0.2) is 25.4 Å². The van der Waals surface area contributed by atoms with Crippen molar-refractivity contribution < 1.29 is 9.13 Å². The van der Waals surface area contributed by atoms with E-state index in [0.29, 0.717) is 13.0 Å². The van der Waals surface area contributed by atoms with Gasteiger partial charge in [0.15, 0.2) is 0 Å². The fourth-order valence-electron chi connectivity index (χ4n) is 0.979. The Morgan fingerprint density at radius 1 is 1.60 bits per heavy atom. The van der Waals surface area contributed by atoms with Crippen LogP contribution in [0.3, 0.4) is 0 Å². The molecule has 2 nitrogen and oxygen atoms in total. The fraction of sp³-hybridized carbons (Fsp3) is 1.00. The summed E-state index contributed by atoms with van der Waals surface area (Å²) in [7, 11) is 0. The lowest BCUT2D eigenvalue weighted by Gasteiger charge is -2.27. The summed E-state index contributed by atoms with van der Waals surface area (Å²) in [6, 6.07) is 0. The molecule has 1 aliphatic heterocycles. The molecule has 1 saturated heterocycles. The first-order valence-corrected chi connectivity index (χ1v) is 3.24. The molecule has 1 heterocycles. The summed E-state index contributed by atoms with van der Waals surface area (Å²) in [5.41, 5.74) is 3.96. The summed E-state index contributed by atoms with van der Waals surface area (Å²) in [5.74, 6) is 0. The number of halogens is 2. The van der Waals surface area contributed by atoms with Crippen molar-refractivity contribution in [2.24, 2.45) is 5.73 Å². The van der Waals surface area contributed by atoms with Crippen LogP contribution in [0.2, 0.25) is 0 Å². The predicted molar refractivity (Wildman–Crippen MR) is 40.2 cm³/mol. The summed E-state index contributed by atoms with van der Waals surface area (Å²) in [5, 5.41) is 0. The van der Waals surface area contributed by atoms with Crippen LogP contribution in [0.5, 0.6) is 0 Å². The van der Waals surface area contributed by atoms with Gasteiger partial charge in [-0.1, -0.05) is 0 Å². The van der Waals surface area contributed by atoms with Crippen LogP contribution in [0.1, 0.15) is 12.8 Å². The molecule has 1 atom stereocenters. The average molecular weight is 170 g/mol. The van der Waals surface area contributed by atoms with Gasteiger partial charge in [-0.05, 0) is 12.8 Å². The van der Waals surface area contributed by atoms with Crippen LogP contribution in [0.15, 0.2) is 0 Å². The van der Waals surface area contributed by atoms with E-state index in [1.165, 1.54) is 0 Å². The van der Waals surface area contributed by atoms with Crippen LogP contribution < -0.4 is 5.73 Å². The third kappa shape index (κ3) is 2.40. The molecule has 0 aliphatic carbocycles. The van der Waals surface area contributed by atoms with Gasteiger partial charge in [0.05, 0.1) is 6.61 Å². The van der Waals surface area contributed by atoms with Gasteiger partial charge in [-0.3, -0.25) is 0 Å². The van der Waals surface area contributed by atoms with Crippen LogP contribution in [-0.2, 0) is 4.74 Å². The molecule has 0 saturated carbocycles. The quantitative estimate of drug-likeness (QED) is 0.633. The molecule has 0 aromatic rings. The molecule has 0 spiro atoms. The normalized spacial score (nSPS) is 33.0. The van der Waals surface area contributed by atoms with Crippen molar-refractivity contribution in [3.8, 4) is 0 Å². The van der Waals surface area contributed by atoms with Crippen LogP contribution in [0.4, 0.5) is 4.39 Å². The zero-order chi connectivity index (χ0) is 6.74. The molecular weight excluding hydrogens is 157 g/mol. The van der Waals surface area contributed by atoms with Crippen molar-refractivity contribution in [3.05, 3.63) is 0 Å². The first-order valence-electron chi connectivity index (χ1n) is 3.24. The lowest BCUT2D eigenvalue weighted by molar-refractivity contribution is -0.0256. The van der Waals surface area contributed by atoms with Crippen molar-refractivity contribution in [3.63, 3.8) is 0 Å². The van der Waals surface area contributed by atoms with Gasteiger partial charge < -0.3 is 10.5 Å². The summed E-state index contributed by atoms with van der Waals surface area (Å²) < 4.78 is 18.0. The molecule has 0 radical (unpaired) electrons. The predicted octanol–water partition coefficient (Wildman–Crippen LogP) is 0.886. The Labute approximate surface area is 66.3 Å². The van der Waals surface area contributed by atoms with Gasteiger partial charge in [0, 0.05) is 13.2 Å². The number of ether oxygens (including phenoxy) is 1. The number of hydrogen-bond donors (Lipinski definition) is 1. The first-order chi connectivity index (χ1) is 4.27. The van der Waals surface area contributed by atoms with E-state index in [4.69, 9.17) is 10.5 Å². The fourth-order valence-corrected chi connectivity index (χ4v) is 0.979. The topological polar surface area (TPSA) is 35.2 Å². The second kappa shape index (κ2) is 4.11. The minimum atomic E-state index is -1.22. The number of rotatable bonds is 1. The van der Waals surface area contributed by atoms with Gasteiger partial charge >= 0.3 is 0 Å². The van der Waals surface area contributed by atoms with Crippen LogP contribution in [0, 0.1) is 0 Å². The maximum Gasteiger partial charge on any atom is 0.146 e. The summed E-state index contributed by atoms with van der Waals surface area (Å²) in [4.78, 5) is 0. The lowest BCUT2D eigenvalue weighted by Crippen LogP contribution is -2.41. The third-order valence-corrected chi connectivity index (χ3v) is 1.64. The van der Waals surface area contributed by atoms with Crippen molar-refractivity contribution in [2.75, 3.05) is 19.8 Å². The van der Waals surface area contributed by atoms with E-state index < -0.39 is 5.67 Å². The highest BCUT2D eigenvalue weighted by molar-refractivity contribution is 5.85. The van der Waals surface area contributed by atoms with Gasteiger partial charge in [0.1, 0.15) is 5.67 Å². The van der Waals surface area contributed by atoms with Gasteiger partial charge in [-0.15, -0.1) is 12.4 Å². The molecule has 1 aliphatic rings. The molecule has 1 fully saturated rings. The lowest BCUT2D eigenvalue weighted by atomic mass is 9.99. The van der Waals surface area contributed by atoms with Crippen molar-refractivity contribution in [1.82, 2.24) is 0 Å². The second-order valence-electron chi connectivity index (χ2n) is 2.51. The highest BCUT2D eigenvalue weighted by Gasteiger charge is 2.30. The molecule has 0 unspecified atom stereocenters. The van der Waals surface area contributed by atoms with E-state index in [2.05, 4.69) is 0 Å². The summed E-state index contributed by atoms with van der Waals surface area (Å²) in [6.45, 7) is 0.960. The Kier molecular flexibility index (Phi) is 4.17.